The SMILES string of the molecule is CC(=O)C(C)C(O)C(C)c1ccc(CO)cc1C=CCO. The van der Waals surface area contributed by atoms with Crippen molar-refractivity contribution in [2.75, 3.05) is 6.61 Å². The van der Waals surface area contributed by atoms with E-state index in [2.05, 4.69) is 0 Å². The van der Waals surface area contributed by atoms with Crippen molar-refractivity contribution in [3.63, 3.8) is 0 Å². The quantitative estimate of drug-likeness (QED) is 0.717. The van der Waals surface area contributed by atoms with Gasteiger partial charge in [-0.05, 0) is 29.7 Å². The lowest BCUT2D eigenvalue weighted by atomic mass is 9.83. The summed E-state index contributed by atoms with van der Waals surface area (Å²) in [5.41, 5.74) is 2.48. The van der Waals surface area contributed by atoms with Crippen LogP contribution in [0.5, 0.6) is 0 Å². The Morgan fingerprint density at radius 2 is 1.95 bits per heavy atom. The Hall–Kier alpha value is -1.49. The molecule has 0 aromatic heterocycles. The lowest BCUT2D eigenvalue weighted by Crippen LogP contribution is -2.29. The van der Waals surface area contributed by atoms with Gasteiger partial charge in [-0.2, -0.15) is 0 Å². The Bertz CT molecular complexity index is 508. The fourth-order valence-corrected chi connectivity index (χ4v) is 2.32. The van der Waals surface area contributed by atoms with Gasteiger partial charge in [0.15, 0.2) is 0 Å². The minimum Gasteiger partial charge on any atom is -0.392 e. The summed E-state index contributed by atoms with van der Waals surface area (Å²) in [5, 5.41) is 28.5. The fourth-order valence-electron chi connectivity index (χ4n) is 2.32. The van der Waals surface area contributed by atoms with E-state index in [9.17, 15) is 15.0 Å². The number of benzene rings is 1. The maximum Gasteiger partial charge on any atom is 0.135 e. The van der Waals surface area contributed by atoms with Crippen LogP contribution in [0.15, 0.2) is 24.3 Å². The maximum absolute atomic E-state index is 11.4. The van der Waals surface area contributed by atoms with Crippen LogP contribution in [0.2, 0.25) is 0 Å². The molecule has 0 heterocycles. The second-order valence-electron chi connectivity index (χ2n) is 5.38. The molecule has 0 saturated carbocycles. The van der Waals surface area contributed by atoms with E-state index in [-0.39, 0.29) is 24.9 Å². The summed E-state index contributed by atoms with van der Waals surface area (Å²) in [6.45, 7) is 4.91. The summed E-state index contributed by atoms with van der Waals surface area (Å²) in [6.07, 6.45) is 2.59. The van der Waals surface area contributed by atoms with Gasteiger partial charge >= 0.3 is 0 Å². The number of aliphatic hydroxyl groups is 3. The van der Waals surface area contributed by atoms with Crippen LogP contribution in [0.3, 0.4) is 0 Å². The lowest BCUT2D eigenvalue weighted by Gasteiger charge is -2.25. The third-order valence-electron chi connectivity index (χ3n) is 3.89. The molecule has 1 rings (SSSR count). The summed E-state index contributed by atoms with van der Waals surface area (Å²) in [7, 11) is 0. The number of Topliss-reactive ketones (excluding diaryl/α,β-unsaturated/α-hetero) is 1. The van der Waals surface area contributed by atoms with Gasteiger partial charge in [-0.15, -0.1) is 0 Å². The molecule has 0 aliphatic rings. The maximum atomic E-state index is 11.4. The summed E-state index contributed by atoms with van der Waals surface area (Å²) in [6, 6.07) is 5.47. The molecule has 116 valence electrons. The summed E-state index contributed by atoms with van der Waals surface area (Å²) >= 11 is 0. The predicted molar refractivity (Wildman–Crippen MR) is 82.8 cm³/mol. The van der Waals surface area contributed by atoms with Gasteiger partial charge in [0.25, 0.3) is 0 Å². The minimum atomic E-state index is -0.774. The second-order valence-corrected chi connectivity index (χ2v) is 5.38. The molecule has 4 nitrogen and oxygen atoms in total. The molecule has 4 heteroatoms. The molecule has 0 bridgehead atoms. The number of carbonyl (C=O) groups excluding carboxylic acids is 1. The van der Waals surface area contributed by atoms with E-state index in [4.69, 9.17) is 5.11 Å². The van der Waals surface area contributed by atoms with Crippen molar-refractivity contribution in [3.05, 3.63) is 41.0 Å². The van der Waals surface area contributed by atoms with Gasteiger partial charge in [0, 0.05) is 11.8 Å². The first-order chi connectivity index (χ1) is 9.92. The Labute approximate surface area is 125 Å². The van der Waals surface area contributed by atoms with E-state index in [0.717, 1.165) is 16.7 Å². The van der Waals surface area contributed by atoms with Crippen molar-refractivity contribution < 1.29 is 20.1 Å². The van der Waals surface area contributed by atoms with Crippen LogP contribution in [0.1, 0.15) is 43.4 Å². The molecule has 0 amide bonds. The zero-order chi connectivity index (χ0) is 16.0. The van der Waals surface area contributed by atoms with Crippen molar-refractivity contribution in [2.45, 2.75) is 39.4 Å². The number of rotatable bonds is 7. The van der Waals surface area contributed by atoms with Crippen LogP contribution in [0.4, 0.5) is 0 Å². The highest BCUT2D eigenvalue weighted by Gasteiger charge is 2.26. The smallest absolute Gasteiger partial charge is 0.135 e. The average Bonchev–Trinajstić information content (AvgIpc) is 2.50. The van der Waals surface area contributed by atoms with Gasteiger partial charge in [0.1, 0.15) is 5.78 Å². The van der Waals surface area contributed by atoms with Crippen LogP contribution in [-0.4, -0.2) is 33.8 Å². The molecule has 3 N–H and O–H groups in total. The zero-order valence-electron chi connectivity index (χ0n) is 12.8. The highest BCUT2D eigenvalue weighted by Crippen LogP contribution is 2.29. The Morgan fingerprint density at radius 3 is 2.48 bits per heavy atom. The number of hydrogen-bond donors (Lipinski definition) is 3. The molecule has 0 fully saturated rings. The van der Waals surface area contributed by atoms with Gasteiger partial charge < -0.3 is 15.3 Å². The van der Waals surface area contributed by atoms with Crippen molar-refractivity contribution in [2.24, 2.45) is 5.92 Å². The van der Waals surface area contributed by atoms with Crippen molar-refractivity contribution >= 4 is 11.9 Å². The second kappa shape index (κ2) is 8.08. The molecule has 3 unspecified atom stereocenters. The highest BCUT2D eigenvalue weighted by molar-refractivity contribution is 5.78. The highest BCUT2D eigenvalue weighted by atomic mass is 16.3. The van der Waals surface area contributed by atoms with E-state index >= 15 is 0 Å². The molecule has 0 aliphatic carbocycles. The van der Waals surface area contributed by atoms with Crippen molar-refractivity contribution in [1.82, 2.24) is 0 Å². The fraction of sp³-hybridized carbons (Fsp3) is 0.471. The molecule has 0 radical (unpaired) electrons. The van der Waals surface area contributed by atoms with E-state index in [0.29, 0.717) is 0 Å². The predicted octanol–water partition coefficient (Wildman–Crippen LogP) is 1.87. The van der Waals surface area contributed by atoms with E-state index < -0.39 is 12.0 Å². The first-order valence-corrected chi connectivity index (χ1v) is 7.12. The third-order valence-corrected chi connectivity index (χ3v) is 3.89. The summed E-state index contributed by atoms with van der Waals surface area (Å²) in [4.78, 5) is 11.4. The normalized spacial score (nSPS) is 15.9. The van der Waals surface area contributed by atoms with Gasteiger partial charge in [-0.3, -0.25) is 4.79 Å². The zero-order valence-corrected chi connectivity index (χ0v) is 12.8. The van der Waals surface area contributed by atoms with Gasteiger partial charge in [-0.25, -0.2) is 0 Å². The molecular formula is C17H24O4. The van der Waals surface area contributed by atoms with E-state index in [1.165, 1.54) is 6.92 Å². The van der Waals surface area contributed by atoms with Crippen molar-refractivity contribution in [3.8, 4) is 0 Å². The average molecular weight is 292 g/mol. The molecule has 3 atom stereocenters. The number of carbonyl (C=O) groups is 1. The monoisotopic (exact) mass is 292 g/mol. The standard InChI is InChI=1S/C17H24O4/c1-11(13(3)20)17(21)12(2)16-7-6-14(10-19)9-15(16)5-4-8-18/h4-7,9,11-12,17-19,21H,8,10H2,1-3H3. The molecule has 0 aliphatic heterocycles. The topological polar surface area (TPSA) is 77.8 Å². The Kier molecular flexibility index (Phi) is 6.75. The number of aliphatic hydroxyl groups excluding tert-OH is 3. The third kappa shape index (κ3) is 4.49. The van der Waals surface area contributed by atoms with Gasteiger partial charge in [-0.1, -0.05) is 38.1 Å². The summed E-state index contributed by atoms with van der Waals surface area (Å²) < 4.78 is 0. The van der Waals surface area contributed by atoms with Crippen LogP contribution in [-0.2, 0) is 11.4 Å². The first kappa shape index (κ1) is 17.6. The molecule has 1 aromatic rings. The van der Waals surface area contributed by atoms with Crippen LogP contribution < -0.4 is 0 Å². The minimum absolute atomic E-state index is 0.0474. The summed E-state index contributed by atoms with van der Waals surface area (Å²) in [5.74, 6) is -0.712. The van der Waals surface area contributed by atoms with Crippen LogP contribution in [0, 0.1) is 5.92 Å². The molecule has 1 aromatic carbocycles. The number of hydrogen-bond acceptors (Lipinski definition) is 4. The van der Waals surface area contributed by atoms with E-state index in [1.54, 1.807) is 25.1 Å². The Balaban J connectivity index is 3.15. The molecule has 0 saturated heterocycles. The van der Waals surface area contributed by atoms with Crippen LogP contribution >= 0.6 is 0 Å². The van der Waals surface area contributed by atoms with E-state index in [1.807, 2.05) is 19.1 Å². The molecule has 21 heavy (non-hydrogen) atoms. The Morgan fingerprint density at radius 1 is 1.29 bits per heavy atom. The van der Waals surface area contributed by atoms with Crippen molar-refractivity contribution in [1.29, 1.82) is 0 Å². The largest absolute Gasteiger partial charge is 0.392 e. The van der Waals surface area contributed by atoms with Gasteiger partial charge in [0.05, 0.1) is 19.3 Å². The number of ketones is 1. The lowest BCUT2D eigenvalue weighted by molar-refractivity contribution is -0.123. The van der Waals surface area contributed by atoms with Crippen LogP contribution in [0.25, 0.3) is 6.08 Å². The molecular weight excluding hydrogens is 268 g/mol. The molecule has 0 spiro atoms. The first-order valence-electron chi connectivity index (χ1n) is 7.12. The van der Waals surface area contributed by atoms with Gasteiger partial charge in [0.2, 0.25) is 0 Å².